The van der Waals surface area contributed by atoms with Gasteiger partial charge in [-0.05, 0) is 23.7 Å². The van der Waals surface area contributed by atoms with Gasteiger partial charge in [0.2, 0.25) is 5.82 Å². The fraction of sp³-hybridized carbons (Fsp3) is 0.500. The summed E-state index contributed by atoms with van der Waals surface area (Å²) in [4.78, 5) is 15.3. The van der Waals surface area contributed by atoms with Crippen LogP contribution < -0.4 is 5.32 Å². The summed E-state index contributed by atoms with van der Waals surface area (Å²) in [7, 11) is 0. The Kier molecular flexibility index (Phi) is 2.67. The van der Waals surface area contributed by atoms with Gasteiger partial charge in [-0.1, -0.05) is 11.3 Å². The van der Waals surface area contributed by atoms with Crippen LogP contribution in [0.5, 0.6) is 0 Å². The molecule has 0 aliphatic heterocycles. The van der Waals surface area contributed by atoms with E-state index in [2.05, 4.69) is 10.3 Å². The van der Waals surface area contributed by atoms with Crippen LogP contribution >= 0.6 is 11.3 Å². The Morgan fingerprint density at radius 1 is 1.72 bits per heavy atom. The van der Waals surface area contributed by atoms with Crippen LogP contribution in [0, 0.1) is 16.0 Å². The summed E-state index contributed by atoms with van der Waals surface area (Å²) in [5.41, 5.74) is 0. The van der Waals surface area contributed by atoms with Crippen LogP contribution in [0.15, 0.2) is 11.6 Å². The molecule has 0 aromatic carbocycles. The van der Waals surface area contributed by atoms with Crippen molar-refractivity contribution in [2.45, 2.75) is 18.9 Å². The van der Waals surface area contributed by atoms with Gasteiger partial charge in [0.25, 0.3) is 4.96 Å². The summed E-state index contributed by atoms with van der Waals surface area (Å²) < 4.78 is 1.44. The lowest BCUT2D eigenvalue weighted by molar-refractivity contribution is -0.389. The summed E-state index contributed by atoms with van der Waals surface area (Å²) in [6.07, 6.45) is 3.23. The lowest BCUT2D eigenvalue weighted by atomic mass is 10.2. The predicted molar refractivity (Wildman–Crippen MR) is 66.9 cm³/mol. The average Bonchev–Trinajstić information content (AvgIpc) is 2.97. The third kappa shape index (κ3) is 1.93. The van der Waals surface area contributed by atoms with Gasteiger partial charge < -0.3 is 20.5 Å². The molecule has 2 N–H and O–H groups in total. The molecule has 1 atom stereocenters. The summed E-state index contributed by atoms with van der Waals surface area (Å²) in [6.45, 7) is 0.302. The van der Waals surface area contributed by atoms with Crippen molar-refractivity contribution in [3.63, 3.8) is 0 Å². The first kappa shape index (κ1) is 11.4. The highest BCUT2D eigenvalue weighted by Gasteiger charge is 2.30. The molecule has 1 aliphatic rings. The zero-order chi connectivity index (χ0) is 12.7. The number of aliphatic hydroxyl groups excluding tert-OH is 1. The first-order valence-electron chi connectivity index (χ1n) is 5.68. The quantitative estimate of drug-likeness (QED) is 0.633. The molecule has 8 heteroatoms. The second-order valence-corrected chi connectivity index (χ2v) is 5.26. The van der Waals surface area contributed by atoms with Gasteiger partial charge in [0.15, 0.2) is 0 Å². The number of thiazole rings is 1. The Morgan fingerprint density at radius 3 is 3.17 bits per heavy atom. The number of nitro groups is 1. The maximum Gasteiger partial charge on any atom is 0.372 e. The molecule has 0 bridgehead atoms. The van der Waals surface area contributed by atoms with Crippen molar-refractivity contribution in [2.75, 3.05) is 11.9 Å². The molecule has 1 aliphatic carbocycles. The van der Waals surface area contributed by atoms with Crippen molar-refractivity contribution >= 4 is 27.9 Å². The van der Waals surface area contributed by atoms with Crippen molar-refractivity contribution < 1.29 is 10.0 Å². The summed E-state index contributed by atoms with van der Waals surface area (Å²) >= 11 is 1.34. The number of anilines is 1. The molecule has 0 amide bonds. The lowest BCUT2D eigenvalue weighted by Crippen LogP contribution is -2.21. The number of fused-ring (bicyclic) bond motifs is 1. The Bertz CT molecular complexity index is 589. The highest BCUT2D eigenvalue weighted by molar-refractivity contribution is 7.15. The minimum atomic E-state index is -0.460. The number of aromatic nitrogens is 2. The van der Waals surface area contributed by atoms with E-state index < -0.39 is 11.0 Å². The first-order valence-corrected chi connectivity index (χ1v) is 6.56. The maximum atomic E-state index is 11.0. The van der Waals surface area contributed by atoms with Gasteiger partial charge in [0.1, 0.15) is 6.20 Å². The van der Waals surface area contributed by atoms with Gasteiger partial charge in [-0.2, -0.15) is 9.38 Å². The Hall–Kier alpha value is -1.67. The average molecular weight is 268 g/mol. The molecule has 96 valence electrons. The number of nitrogens with zero attached hydrogens (tertiary/aromatic N) is 3. The molecule has 0 radical (unpaired) electrons. The molecule has 0 spiro atoms. The zero-order valence-electron chi connectivity index (χ0n) is 9.44. The first-order chi connectivity index (χ1) is 8.66. The molecular weight excluding hydrogens is 256 g/mol. The molecule has 1 fully saturated rings. The third-order valence-electron chi connectivity index (χ3n) is 3.05. The molecule has 2 aromatic rings. The Morgan fingerprint density at radius 2 is 2.50 bits per heavy atom. The lowest BCUT2D eigenvalue weighted by Gasteiger charge is -2.09. The minimum Gasteiger partial charge on any atom is -0.391 e. The second-order valence-electron chi connectivity index (χ2n) is 4.38. The van der Waals surface area contributed by atoms with Gasteiger partial charge in [0, 0.05) is 11.9 Å². The Balaban J connectivity index is 1.83. The highest BCUT2D eigenvalue weighted by Crippen LogP contribution is 2.33. The number of hydrogen-bond acceptors (Lipinski definition) is 6. The normalized spacial score (nSPS) is 16.9. The van der Waals surface area contributed by atoms with Gasteiger partial charge >= 0.3 is 5.82 Å². The summed E-state index contributed by atoms with van der Waals surface area (Å²) in [5, 5.41) is 25.4. The fourth-order valence-corrected chi connectivity index (χ4v) is 2.62. The van der Waals surface area contributed by atoms with Crippen LogP contribution in [0.4, 0.5) is 11.6 Å². The summed E-state index contributed by atoms with van der Waals surface area (Å²) in [5.74, 6) is 0.487. The number of imidazole rings is 1. The van der Waals surface area contributed by atoms with Crippen LogP contribution in [0.1, 0.15) is 12.8 Å². The Labute approximate surface area is 106 Å². The molecular formula is C10H12N4O3S. The molecule has 2 aromatic heterocycles. The second kappa shape index (κ2) is 4.21. The van der Waals surface area contributed by atoms with E-state index in [-0.39, 0.29) is 11.6 Å². The summed E-state index contributed by atoms with van der Waals surface area (Å²) in [6, 6.07) is 0. The van der Waals surface area contributed by atoms with Crippen LogP contribution in [0.25, 0.3) is 4.96 Å². The monoisotopic (exact) mass is 268 g/mol. The predicted octanol–water partition coefficient (Wildman–Crippen LogP) is 1.49. The standard InChI is InChI=1S/C10H12N4O3S/c15-7(6-1-2-6)5-11-8-9(14(16)17)13-3-4-18-10(13)12-8/h3-4,6-7,11,15H,1-2,5H2. The molecule has 2 heterocycles. The van der Waals surface area contributed by atoms with Crippen molar-refractivity contribution in [2.24, 2.45) is 5.92 Å². The number of nitrogens with one attached hydrogen (secondary N) is 1. The topological polar surface area (TPSA) is 92.7 Å². The maximum absolute atomic E-state index is 11.0. The molecule has 18 heavy (non-hydrogen) atoms. The van der Waals surface area contributed by atoms with Crippen LogP contribution in [-0.4, -0.2) is 32.1 Å². The van der Waals surface area contributed by atoms with Crippen molar-refractivity contribution in [1.82, 2.24) is 9.38 Å². The smallest absolute Gasteiger partial charge is 0.372 e. The van der Waals surface area contributed by atoms with E-state index in [0.29, 0.717) is 17.4 Å². The van der Waals surface area contributed by atoms with Crippen LogP contribution in [-0.2, 0) is 0 Å². The molecule has 3 rings (SSSR count). The highest BCUT2D eigenvalue weighted by atomic mass is 32.1. The van der Waals surface area contributed by atoms with E-state index in [1.54, 1.807) is 11.6 Å². The van der Waals surface area contributed by atoms with E-state index in [4.69, 9.17) is 0 Å². The molecule has 0 saturated heterocycles. The van der Waals surface area contributed by atoms with Crippen LogP contribution in [0.3, 0.4) is 0 Å². The molecule has 7 nitrogen and oxygen atoms in total. The number of hydrogen-bond donors (Lipinski definition) is 2. The fourth-order valence-electron chi connectivity index (χ4n) is 1.92. The SMILES string of the molecule is O=[N+]([O-])c1c(NCC(O)C2CC2)nc2sccn12. The van der Waals surface area contributed by atoms with Crippen molar-refractivity contribution in [3.05, 3.63) is 21.7 Å². The molecule has 1 saturated carbocycles. The van der Waals surface area contributed by atoms with Crippen molar-refractivity contribution in [1.29, 1.82) is 0 Å². The number of rotatable bonds is 5. The third-order valence-corrected chi connectivity index (χ3v) is 3.81. The van der Waals surface area contributed by atoms with E-state index in [0.717, 1.165) is 12.8 Å². The van der Waals surface area contributed by atoms with Gasteiger partial charge in [-0.25, -0.2) is 0 Å². The van der Waals surface area contributed by atoms with E-state index in [1.807, 2.05) is 0 Å². The molecule has 1 unspecified atom stereocenters. The van der Waals surface area contributed by atoms with E-state index >= 15 is 0 Å². The van der Waals surface area contributed by atoms with Crippen LogP contribution in [0.2, 0.25) is 0 Å². The minimum absolute atomic E-state index is 0.0748. The zero-order valence-corrected chi connectivity index (χ0v) is 10.3. The number of aliphatic hydroxyl groups is 1. The van der Waals surface area contributed by atoms with Gasteiger partial charge in [0.05, 0.1) is 6.10 Å². The van der Waals surface area contributed by atoms with E-state index in [9.17, 15) is 15.2 Å². The largest absolute Gasteiger partial charge is 0.391 e. The van der Waals surface area contributed by atoms with Crippen molar-refractivity contribution in [3.8, 4) is 0 Å². The van der Waals surface area contributed by atoms with Gasteiger partial charge in [-0.3, -0.25) is 0 Å². The van der Waals surface area contributed by atoms with Gasteiger partial charge in [-0.15, -0.1) is 0 Å². The van der Waals surface area contributed by atoms with E-state index in [1.165, 1.54) is 15.7 Å².